The summed E-state index contributed by atoms with van der Waals surface area (Å²) < 4.78 is 12.7. The molecule has 3 rings (SSSR count). The van der Waals surface area contributed by atoms with Crippen molar-refractivity contribution in [2.45, 2.75) is 48.5 Å². The van der Waals surface area contributed by atoms with Gasteiger partial charge in [-0.05, 0) is 70.7 Å². The van der Waals surface area contributed by atoms with Gasteiger partial charge in [0.25, 0.3) is 0 Å². The van der Waals surface area contributed by atoms with E-state index >= 15 is 0 Å². The zero-order valence-corrected chi connectivity index (χ0v) is 21.2. The lowest BCUT2D eigenvalue weighted by Crippen LogP contribution is -2.08. The van der Waals surface area contributed by atoms with Crippen molar-refractivity contribution < 1.29 is 18.9 Å². The summed E-state index contributed by atoms with van der Waals surface area (Å²) in [5.74, 6) is 0.121. The minimum Gasteiger partial charge on any atom is -0.295 e. The molecule has 0 radical (unpaired) electrons. The van der Waals surface area contributed by atoms with E-state index in [1.807, 2.05) is 96.1 Å². The number of carbonyl (C=O) groups is 3. The van der Waals surface area contributed by atoms with E-state index in [0.29, 0.717) is 11.1 Å². The normalized spacial score (nSPS) is 10.2. The van der Waals surface area contributed by atoms with Crippen molar-refractivity contribution in [1.82, 2.24) is 0 Å². The lowest BCUT2D eigenvalue weighted by molar-refractivity contribution is 0.101. The predicted molar refractivity (Wildman–Crippen MR) is 134 cm³/mol. The first-order valence-electron chi connectivity index (χ1n) is 10.7. The zero-order valence-electron chi connectivity index (χ0n) is 20.3. The van der Waals surface area contributed by atoms with Crippen LogP contribution in [0.4, 0.5) is 0 Å². The largest absolute Gasteiger partial charge is 0.501 e. The number of carbonyl (C=O) groups excluding carboxylic acids is 3. The molecule has 170 valence electrons. The van der Waals surface area contributed by atoms with Crippen molar-refractivity contribution in [3.8, 4) is 0 Å². The molecule has 3 aromatic rings. The molecule has 0 aliphatic carbocycles. The fraction of sp³-hybridized carbons (Fsp3) is 0.250. The Labute approximate surface area is 196 Å². The molecule has 3 aromatic carbocycles. The van der Waals surface area contributed by atoms with Crippen molar-refractivity contribution in [1.29, 1.82) is 0 Å². The number of benzene rings is 3. The summed E-state index contributed by atoms with van der Waals surface area (Å²) in [5.41, 5.74) is 5.51. The van der Waals surface area contributed by atoms with Gasteiger partial charge in [0.2, 0.25) is 0 Å². The Hall–Kier alpha value is -3.23. The molecule has 33 heavy (non-hydrogen) atoms. The lowest BCUT2D eigenvalue weighted by Gasteiger charge is -2.07. The van der Waals surface area contributed by atoms with Crippen LogP contribution in [-0.2, 0) is 4.57 Å². The van der Waals surface area contributed by atoms with Gasteiger partial charge in [0.15, 0.2) is 5.78 Å². The molecule has 0 bridgehead atoms. The Bertz CT molecular complexity index is 1120. The molecule has 0 saturated heterocycles. The van der Waals surface area contributed by atoms with Gasteiger partial charge in [-0.3, -0.25) is 4.79 Å². The van der Waals surface area contributed by atoms with Gasteiger partial charge in [-0.2, -0.15) is 0 Å². The number of hydrogen-bond donors (Lipinski definition) is 0. The maximum atomic E-state index is 12.7. The monoisotopic (exact) mass is 461 g/mol. The van der Waals surface area contributed by atoms with Crippen LogP contribution in [0.2, 0.25) is 0 Å². The van der Waals surface area contributed by atoms with Gasteiger partial charge >= 0.3 is 18.8 Å². The molecule has 0 fully saturated rings. The second-order valence-corrected chi connectivity index (χ2v) is 9.78. The Morgan fingerprint density at radius 1 is 0.606 bits per heavy atom. The van der Waals surface area contributed by atoms with Crippen molar-refractivity contribution in [3.63, 3.8) is 0 Å². The van der Waals surface area contributed by atoms with Crippen LogP contribution < -0.4 is 0 Å². The Morgan fingerprint density at radius 3 is 1.21 bits per heavy atom. The van der Waals surface area contributed by atoms with Crippen LogP contribution >= 0.6 is 7.80 Å². The molecule has 0 aliphatic rings. The van der Waals surface area contributed by atoms with Crippen LogP contribution in [0.25, 0.3) is 0 Å². The van der Waals surface area contributed by atoms with Crippen LogP contribution in [0.5, 0.6) is 0 Å². The van der Waals surface area contributed by atoms with Crippen molar-refractivity contribution >= 4 is 24.6 Å². The number of hydrogen-bond acceptors (Lipinski definition) is 4. The molecular formula is C28H30O4P+. The van der Waals surface area contributed by atoms with Gasteiger partial charge in [-0.15, -0.1) is 0 Å². The maximum absolute atomic E-state index is 12.7. The van der Waals surface area contributed by atoms with E-state index in [4.69, 9.17) is 0 Å². The minimum absolute atomic E-state index is 0.121. The average Bonchev–Trinajstić information content (AvgIpc) is 2.72. The average molecular weight is 462 g/mol. The first kappa shape index (κ1) is 26.0. The standard InChI is InChI=1S/C20H22O3P.C8H8O/c1-11-7-13(3)17(14(4)8-11)19(21)24(23)20(22)18-15(5)9-12(2)10-16(18)6;1-7(9)8-5-3-2-4-6-8/h7-10H,1-6H3;2-6H,1H3/q+1;. The fourth-order valence-electron chi connectivity index (χ4n) is 4.00. The van der Waals surface area contributed by atoms with E-state index in [1.54, 1.807) is 6.92 Å². The van der Waals surface area contributed by atoms with E-state index in [9.17, 15) is 18.9 Å². The Kier molecular flexibility index (Phi) is 8.73. The summed E-state index contributed by atoms with van der Waals surface area (Å²) >= 11 is 0. The number of ketones is 1. The third-order valence-electron chi connectivity index (χ3n) is 5.33. The van der Waals surface area contributed by atoms with Crippen LogP contribution in [0.3, 0.4) is 0 Å². The highest BCUT2D eigenvalue weighted by Crippen LogP contribution is 2.36. The molecule has 5 heteroatoms. The Morgan fingerprint density at radius 2 is 0.939 bits per heavy atom. The minimum atomic E-state index is -2.67. The molecule has 4 nitrogen and oxygen atoms in total. The SMILES string of the molecule is CC(=O)c1ccccc1.Cc1cc(C)c(C(=O)[P+](=O)C(=O)c2c(C)cc(C)cc2C)c(C)c1. The summed E-state index contributed by atoms with van der Waals surface area (Å²) in [6, 6.07) is 16.7. The Balaban J connectivity index is 0.000000357. The molecular weight excluding hydrogens is 431 g/mol. The van der Waals surface area contributed by atoms with Gasteiger partial charge in [-0.25, -0.2) is 9.59 Å². The van der Waals surface area contributed by atoms with E-state index in [2.05, 4.69) is 0 Å². The summed E-state index contributed by atoms with van der Waals surface area (Å²) in [7, 11) is -2.67. The van der Waals surface area contributed by atoms with Crippen LogP contribution in [0.15, 0.2) is 54.6 Å². The number of Topliss-reactive ketones (excluding diaryl/α,β-unsaturated/α-hetero) is 1. The highest BCUT2D eigenvalue weighted by molar-refractivity contribution is 7.80. The van der Waals surface area contributed by atoms with Crippen molar-refractivity contribution in [3.05, 3.63) is 105 Å². The van der Waals surface area contributed by atoms with E-state index in [1.165, 1.54) is 0 Å². The summed E-state index contributed by atoms with van der Waals surface area (Å²) in [6.07, 6.45) is 0. The van der Waals surface area contributed by atoms with E-state index in [-0.39, 0.29) is 5.78 Å². The first-order chi connectivity index (χ1) is 15.4. The molecule has 0 spiro atoms. The smallest absolute Gasteiger partial charge is 0.295 e. The summed E-state index contributed by atoms with van der Waals surface area (Å²) in [4.78, 5) is 36.0. The first-order valence-corrected chi connectivity index (χ1v) is 12.0. The molecule has 0 amide bonds. The predicted octanol–water partition coefficient (Wildman–Crippen LogP) is 7.23. The van der Waals surface area contributed by atoms with Gasteiger partial charge in [0, 0.05) is 5.56 Å². The highest BCUT2D eigenvalue weighted by atomic mass is 31.1. The van der Waals surface area contributed by atoms with Crippen LogP contribution in [0, 0.1) is 41.5 Å². The third kappa shape index (κ3) is 6.40. The van der Waals surface area contributed by atoms with Crippen LogP contribution in [-0.4, -0.2) is 16.8 Å². The summed E-state index contributed by atoms with van der Waals surface area (Å²) in [5, 5.41) is 0. The fourth-order valence-corrected chi connectivity index (χ4v) is 5.30. The lowest BCUT2D eigenvalue weighted by atomic mass is 10.0. The topological polar surface area (TPSA) is 68.3 Å². The molecule has 0 N–H and O–H groups in total. The molecule has 0 aliphatic heterocycles. The van der Waals surface area contributed by atoms with Crippen LogP contribution in [0.1, 0.15) is 71.4 Å². The van der Waals surface area contributed by atoms with Gasteiger partial charge in [0.1, 0.15) is 0 Å². The van der Waals surface area contributed by atoms with Gasteiger partial charge in [0.05, 0.1) is 11.1 Å². The quantitative estimate of drug-likeness (QED) is 0.297. The maximum Gasteiger partial charge on any atom is 0.501 e. The molecule has 0 aromatic heterocycles. The second kappa shape index (κ2) is 11.1. The summed E-state index contributed by atoms with van der Waals surface area (Å²) in [6.45, 7) is 12.7. The second-order valence-electron chi connectivity index (χ2n) is 8.37. The van der Waals surface area contributed by atoms with Gasteiger partial charge < -0.3 is 0 Å². The molecule has 0 atom stereocenters. The van der Waals surface area contributed by atoms with E-state index < -0.39 is 18.8 Å². The molecule has 0 heterocycles. The third-order valence-corrected chi connectivity index (χ3v) is 6.52. The zero-order chi connectivity index (χ0) is 24.9. The molecule has 0 unspecified atom stereocenters. The number of aryl methyl sites for hydroxylation is 6. The van der Waals surface area contributed by atoms with E-state index in [0.717, 1.165) is 38.9 Å². The van der Waals surface area contributed by atoms with Gasteiger partial charge in [-0.1, -0.05) is 70.3 Å². The number of rotatable bonds is 5. The molecule has 0 saturated carbocycles. The van der Waals surface area contributed by atoms with Crippen molar-refractivity contribution in [2.75, 3.05) is 0 Å². The highest BCUT2D eigenvalue weighted by Gasteiger charge is 2.42. The van der Waals surface area contributed by atoms with Crippen molar-refractivity contribution in [2.24, 2.45) is 0 Å².